The van der Waals surface area contributed by atoms with Crippen LogP contribution in [0.25, 0.3) is 0 Å². The number of aryl methyl sites for hydroxylation is 1. The van der Waals surface area contributed by atoms with Gasteiger partial charge in [0.05, 0.1) is 5.16 Å². The highest BCUT2D eigenvalue weighted by Gasteiger charge is 2.09. The van der Waals surface area contributed by atoms with Crippen LogP contribution in [0.3, 0.4) is 0 Å². The summed E-state index contributed by atoms with van der Waals surface area (Å²) < 4.78 is 5.31. The number of nitrogens with zero attached hydrogens (tertiary/aromatic N) is 1. The molecule has 0 bridgehead atoms. The molecule has 0 aliphatic heterocycles. The molecule has 80 valence electrons. The number of isothiocyanates is 1. The average Bonchev–Trinajstić information content (AvgIpc) is 2.67. The van der Waals surface area contributed by atoms with Gasteiger partial charge in [0.1, 0.15) is 5.76 Å². The highest BCUT2D eigenvalue weighted by molar-refractivity contribution is 7.78. The molecule has 1 aromatic rings. The smallest absolute Gasteiger partial charge is 0.321 e. The summed E-state index contributed by atoms with van der Waals surface area (Å²) in [4.78, 5) is 14.5. The third-order valence-corrected chi connectivity index (χ3v) is 2.14. The lowest BCUT2D eigenvalue weighted by Crippen LogP contribution is -1.90. The first kappa shape index (κ1) is 11.8. The largest absolute Gasteiger partial charge is 0.456 e. The van der Waals surface area contributed by atoms with E-state index in [4.69, 9.17) is 4.42 Å². The Morgan fingerprint density at radius 3 is 3.00 bits per heavy atom. The fourth-order valence-corrected chi connectivity index (χ4v) is 1.36. The van der Waals surface area contributed by atoms with Gasteiger partial charge in [-0.15, -0.1) is 4.99 Å². The lowest BCUT2D eigenvalue weighted by Gasteiger charge is -1.94. The molecule has 0 saturated heterocycles. The van der Waals surface area contributed by atoms with Crippen molar-refractivity contribution in [2.45, 2.75) is 32.6 Å². The maximum atomic E-state index is 11.2. The molecule has 1 aromatic heterocycles. The molecule has 15 heavy (non-hydrogen) atoms. The van der Waals surface area contributed by atoms with Gasteiger partial charge in [0.25, 0.3) is 0 Å². The zero-order valence-electron chi connectivity index (χ0n) is 8.66. The molecule has 1 heterocycles. The first-order valence-electron chi connectivity index (χ1n) is 4.99. The molecule has 4 heteroatoms. The van der Waals surface area contributed by atoms with Crippen molar-refractivity contribution in [2.75, 3.05) is 0 Å². The van der Waals surface area contributed by atoms with Crippen LogP contribution in [0.4, 0.5) is 0 Å². The standard InChI is InChI=1S/C11H13NO2S/c1-2-3-4-5-9-6-7-10(14-9)11(13)12-8-15/h6-7H,2-5H2,1H3. The molecular formula is C11H13NO2S. The Morgan fingerprint density at radius 1 is 1.53 bits per heavy atom. The van der Waals surface area contributed by atoms with Gasteiger partial charge in [0.15, 0.2) is 5.76 Å². The van der Waals surface area contributed by atoms with E-state index in [2.05, 4.69) is 24.1 Å². The minimum Gasteiger partial charge on any atom is -0.456 e. The Bertz CT molecular complexity index is 378. The van der Waals surface area contributed by atoms with E-state index in [1.54, 1.807) is 6.07 Å². The Labute approximate surface area is 94.2 Å². The van der Waals surface area contributed by atoms with E-state index in [0.717, 1.165) is 18.6 Å². The molecule has 0 unspecified atom stereocenters. The van der Waals surface area contributed by atoms with Crippen LogP contribution in [0.1, 0.15) is 42.5 Å². The van der Waals surface area contributed by atoms with Gasteiger partial charge in [-0.2, -0.15) is 0 Å². The van der Waals surface area contributed by atoms with E-state index in [0.29, 0.717) is 0 Å². The SMILES string of the molecule is CCCCCc1ccc(C(=O)N=C=S)o1. The number of furan rings is 1. The lowest BCUT2D eigenvalue weighted by molar-refractivity contribution is 0.0975. The summed E-state index contributed by atoms with van der Waals surface area (Å²) in [6, 6.07) is 3.43. The van der Waals surface area contributed by atoms with Gasteiger partial charge in [0.2, 0.25) is 0 Å². The number of aliphatic imine (C=N–C) groups is 1. The van der Waals surface area contributed by atoms with Crippen molar-refractivity contribution >= 4 is 23.3 Å². The summed E-state index contributed by atoms with van der Waals surface area (Å²) in [6.45, 7) is 2.14. The predicted molar refractivity (Wildman–Crippen MR) is 61.3 cm³/mol. The second-order valence-electron chi connectivity index (χ2n) is 3.23. The molecule has 1 rings (SSSR count). The van der Waals surface area contributed by atoms with Gasteiger partial charge in [-0.25, -0.2) is 0 Å². The number of hydrogen-bond acceptors (Lipinski definition) is 3. The van der Waals surface area contributed by atoms with E-state index >= 15 is 0 Å². The maximum Gasteiger partial charge on any atom is 0.321 e. The summed E-state index contributed by atoms with van der Waals surface area (Å²) in [5, 5.41) is 2.03. The third-order valence-electron chi connectivity index (χ3n) is 2.05. The van der Waals surface area contributed by atoms with Crippen LogP contribution in [0.15, 0.2) is 21.5 Å². The number of unbranched alkanes of at least 4 members (excludes halogenated alkanes) is 2. The van der Waals surface area contributed by atoms with Gasteiger partial charge in [0, 0.05) is 6.42 Å². The minimum absolute atomic E-state index is 0.235. The fourth-order valence-electron chi connectivity index (χ4n) is 1.27. The number of amides is 1. The zero-order chi connectivity index (χ0) is 11.1. The van der Waals surface area contributed by atoms with Gasteiger partial charge in [-0.3, -0.25) is 4.79 Å². The van der Waals surface area contributed by atoms with Crippen LogP contribution in [0, 0.1) is 0 Å². The Kier molecular flexibility index (Phi) is 4.95. The van der Waals surface area contributed by atoms with Gasteiger partial charge in [-0.1, -0.05) is 19.8 Å². The zero-order valence-corrected chi connectivity index (χ0v) is 9.47. The fraction of sp³-hybridized carbons (Fsp3) is 0.455. The molecule has 1 amide bonds. The molecule has 0 N–H and O–H groups in total. The van der Waals surface area contributed by atoms with Gasteiger partial charge in [-0.05, 0) is 30.8 Å². The number of carbonyl (C=O) groups excluding carboxylic acids is 1. The van der Waals surface area contributed by atoms with Crippen molar-refractivity contribution < 1.29 is 9.21 Å². The monoisotopic (exact) mass is 223 g/mol. The molecule has 0 aliphatic rings. The molecule has 3 nitrogen and oxygen atoms in total. The van der Waals surface area contributed by atoms with E-state index in [1.165, 1.54) is 12.8 Å². The quantitative estimate of drug-likeness (QED) is 0.437. The number of carbonyl (C=O) groups is 1. The molecule has 0 aromatic carbocycles. The highest BCUT2D eigenvalue weighted by atomic mass is 32.1. The summed E-state index contributed by atoms with van der Waals surface area (Å²) in [7, 11) is 0. The first-order valence-corrected chi connectivity index (χ1v) is 5.39. The molecule has 0 saturated carbocycles. The molecule has 0 aliphatic carbocycles. The maximum absolute atomic E-state index is 11.2. The van der Waals surface area contributed by atoms with Crippen molar-refractivity contribution in [3.8, 4) is 0 Å². The van der Waals surface area contributed by atoms with E-state index < -0.39 is 5.91 Å². The van der Waals surface area contributed by atoms with Gasteiger partial charge < -0.3 is 4.42 Å². The number of hydrogen-bond donors (Lipinski definition) is 0. The second-order valence-corrected chi connectivity index (χ2v) is 3.41. The molecular weight excluding hydrogens is 210 g/mol. The van der Waals surface area contributed by atoms with E-state index in [1.807, 2.05) is 11.2 Å². The summed E-state index contributed by atoms with van der Waals surface area (Å²) in [5.74, 6) is 0.594. The average molecular weight is 223 g/mol. The molecule has 0 radical (unpaired) electrons. The second kappa shape index (κ2) is 6.27. The lowest BCUT2D eigenvalue weighted by atomic mass is 10.2. The topological polar surface area (TPSA) is 42.6 Å². The van der Waals surface area contributed by atoms with Crippen molar-refractivity contribution in [1.82, 2.24) is 0 Å². The Hall–Kier alpha value is -1.25. The summed E-state index contributed by atoms with van der Waals surface area (Å²) in [5.41, 5.74) is 0. The van der Waals surface area contributed by atoms with E-state index in [9.17, 15) is 4.79 Å². The number of thiocarbonyl (C=S) groups is 1. The molecule has 0 atom stereocenters. The summed E-state index contributed by atoms with van der Waals surface area (Å²) in [6.07, 6.45) is 4.28. The van der Waals surface area contributed by atoms with Crippen LogP contribution >= 0.6 is 12.2 Å². The predicted octanol–water partition coefficient (Wildman–Crippen LogP) is 3.26. The molecule has 0 spiro atoms. The Balaban J connectivity index is 2.56. The third kappa shape index (κ3) is 3.78. The van der Waals surface area contributed by atoms with Crippen LogP contribution in [0.2, 0.25) is 0 Å². The van der Waals surface area contributed by atoms with Crippen molar-refractivity contribution in [3.63, 3.8) is 0 Å². The van der Waals surface area contributed by atoms with Crippen LogP contribution in [-0.4, -0.2) is 11.1 Å². The Morgan fingerprint density at radius 2 is 2.33 bits per heavy atom. The van der Waals surface area contributed by atoms with Crippen molar-refractivity contribution in [1.29, 1.82) is 0 Å². The minimum atomic E-state index is -0.466. The normalized spacial score (nSPS) is 9.67. The van der Waals surface area contributed by atoms with Crippen molar-refractivity contribution in [3.05, 3.63) is 23.7 Å². The van der Waals surface area contributed by atoms with E-state index in [-0.39, 0.29) is 5.76 Å². The summed E-state index contributed by atoms with van der Waals surface area (Å²) >= 11 is 4.34. The highest BCUT2D eigenvalue weighted by Crippen LogP contribution is 2.12. The van der Waals surface area contributed by atoms with Crippen LogP contribution < -0.4 is 0 Å². The molecule has 0 fully saturated rings. The first-order chi connectivity index (χ1) is 7.27. The van der Waals surface area contributed by atoms with Gasteiger partial charge >= 0.3 is 5.91 Å². The van der Waals surface area contributed by atoms with Crippen LogP contribution in [-0.2, 0) is 6.42 Å². The van der Waals surface area contributed by atoms with Crippen LogP contribution in [0.5, 0.6) is 0 Å². The number of rotatable bonds is 5. The van der Waals surface area contributed by atoms with Crippen molar-refractivity contribution in [2.24, 2.45) is 4.99 Å².